The van der Waals surface area contributed by atoms with Crippen LogP contribution in [0.3, 0.4) is 0 Å². The highest BCUT2D eigenvalue weighted by molar-refractivity contribution is 9.10. The number of carbonyl (C=O) groups is 2. The Bertz CT molecular complexity index is 1430. The highest BCUT2D eigenvalue weighted by atomic mass is 79.9. The molecular weight excluding hydrogens is 524 g/mol. The van der Waals surface area contributed by atoms with Crippen molar-refractivity contribution in [3.8, 4) is 11.3 Å². The number of esters is 1. The fourth-order valence-electron chi connectivity index (χ4n) is 4.65. The predicted molar refractivity (Wildman–Crippen MR) is 144 cm³/mol. The van der Waals surface area contributed by atoms with Crippen molar-refractivity contribution in [2.45, 2.75) is 38.5 Å². The van der Waals surface area contributed by atoms with E-state index in [2.05, 4.69) is 21.2 Å². The molecule has 4 aromatic rings. The third-order valence-corrected chi connectivity index (χ3v) is 8.07. The Balaban J connectivity index is 1.58. The van der Waals surface area contributed by atoms with E-state index in [1.165, 1.54) is 29.7 Å². The van der Waals surface area contributed by atoms with E-state index in [0.717, 1.165) is 58.6 Å². The van der Waals surface area contributed by atoms with E-state index in [1.54, 1.807) is 0 Å². The lowest BCUT2D eigenvalue weighted by Crippen LogP contribution is -2.15. The van der Waals surface area contributed by atoms with Gasteiger partial charge in [0.1, 0.15) is 5.00 Å². The van der Waals surface area contributed by atoms with Crippen molar-refractivity contribution in [1.82, 2.24) is 4.98 Å². The number of benzene rings is 2. The third kappa shape index (κ3) is 4.88. The molecule has 5 nitrogen and oxygen atoms in total. The summed E-state index contributed by atoms with van der Waals surface area (Å²) in [6.45, 7) is 0. The zero-order chi connectivity index (χ0) is 24.4. The summed E-state index contributed by atoms with van der Waals surface area (Å²) < 4.78 is 6.06. The van der Waals surface area contributed by atoms with E-state index in [9.17, 15) is 9.59 Å². The molecule has 0 fully saturated rings. The largest absolute Gasteiger partial charge is 0.465 e. The van der Waals surface area contributed by atoms with Gasteiger partial charge in [0, 0.05) is 20.3 Å². The monoisotopic (exact) mass is 548 g/mol. The molecule has 2 aromatic carbocycles. The van der Waals surface area contributed by atoms with Crippen molar-refractivity contribution in [2.24, 2.45) is 0 Å². The van der Waals surface area contributed by atoms with Gasteiger partial charge in [-0.2, -0.15) is 0 Å². The van der Waals surface area contributed by atoms with E-state index >= 15 is 0 Å². The minimum atomic E-state index is -0.396. The van der Waals surface area contributed by atoms with Crippen LogP contribution in [-0.2, 0) is 17.6 Å². The molecule has 0 atom stereocenters. The molecule has 178 valence electrons. The number of hydrogen-bond donors (Lipinski definition) is 1. The van der Waals surface area contributed by atoms with Gasteiger partial charge in [-0.05, 0) is 55.5 Å². The summed E-state index contributed by atoms with van der Waals surface area (Å²) >= 11 is 5.02. The summed E-state index contributed by atoms with van der Waals surface area (Å²) in [5.41, 5.74) is 4.42. The van der Waals surface area contributed by atoms with Crippen molar-refractivity contribution in [1.29, 1.82) is 0 Å². The molecule has 1 N–H and O–H groups in total. The van der Waals surface area contributed by atoms with Crippen LogP contribution in [0.5, 0.6) is 0 Å². The molecule has 5 rings (SSSR count). The van der Waals surface area contributed by atoms with E-state index in [1.807, 2.05) is 54.6 Å². The van der Waals surface area contributed by atoms with E-state index in [4.69, 9.17) is 9.72 Å². The molecule has 0 unspecified atom stereocenters. The number of hydrogen-bond acceptors (Lipinski definition) is 5. The van der Waals surface area contributed by atoms with Gasteiger partial charge in [-0.1, -0.05) is 59.1 Å². The average Bonchev–Trinajstić information content (AvgIpc) is 3.18. The summed E-state index contributed by atoms with van der Waals surface area (Å²) in [5, 5.41) is 4.39. The number of methoxy groups -OCH3 is 1. The Morgan fingerprint density at radius 2 is 1.80 bits per heavy atom. The SMILES string of the molecule is COC(=O)c1c(NC(=O)c2cc(-c3cccc(Br)c3)nc3ccccc23)sc2c1CCCCCC2. The molecule has 2 heterocycles. The molecule has 0 radical (unpaired) electrons. The number of aromatic nitrogens is 1. The van der Waals surface area contributed by atoms with Gasteiger partial charge in [-0.25, -0.2) is 9.78 Å². The van der Waals surface area contributed by atoms with Crippen LogP contribution >= 0.6 is 27.3 Å². The van der Waals surface area contributed by atoms with Gasteiger partial charge in [-0.15, -0.1) is 11.3 Å². The highest BCUT2D eigenvalue weighted by Crippen LogP contribution is 2.38. The first-order valence-corrected chi connectivity index (χ1v) is 13.4. The van der Waals surface area contributed by atoms with Crippen LogP contribution in [0.1, 0.15) is 56.8 Å². The fourth-order valence-corrected chi connectivity index (χ4v) is 6.33. The van der Waals surface area contributed by atoms with E-state index in [-0.39, 0.29) is 5.91 Å². The highest BCUT2D eigenvalue weighted by Gasteiger charge is 2.26. The number of pyridine rings is 1. The van der Waals surface area contributed by atoms with Gasteiger partial charge in [-0.3, -0.25) is 4.79 Å². The maximum Gasteiger partial charge on any atom is 0.341 e. The molecule has 7 heteroatoms. The zero-order valence-electron chi connectivity index (χ0n) is 19.4. The Hall–Kier alpha value is -3.03. The number of nitrogens with zero attached hydrogens (tertiary/aromatic N) is 1. The van der Waals surface area contributed by atoms with Crippen molar-refractivity contribution >= 4 is 55.0 Å². The lowest BCUT2D eigenvalue weighted by Gasteiger charge is -2.12. The minimum absolute atomic E-state index is 0.265. The topological polar surface area (TPSA) is 68.3 Å². The van der Waals surface area contributed by atoms with Crippen LogP contribution in [0, 0.1) is 0 Å². The maximum absolute atomic E-state index is 13.7. The molecule has 0 bridgehead atoms. The first-order chi connectivity index (χ1) is 17.0. The van der Waals surface area contributed by atoms with Crippen LogP contribution in [0.4, 0.5) is 5.00 Å². The van der Waals surface area contributed by atoms with Crippen LogP contribution < -0.4 is 5.32 Å². The predicted octanol–water partition coefficient (Wildman–Crippen LogP) is 7.42. The number of aryl methyl sites for hydroxylation is 1. The second-order valence-corrected chi connectivity index (χ2v) is 10.7. The average molecular weight is 549 g/mol. The quantitative estimate of drug-likeness (QED) is 0.269. The normalized spacial score (nSPS) is 13.5. The summed E-state index contributed by atoms with van der Waals surface area (Å²) in [5.74, 6) is -0.660. The van der Waals surface area contributed by atoms with Gasteiger partial charge in [0.25, 0.3) is 5.91 Å². The number of rotatable bonds is 4. The number of para-hydroxylation sites is 1. The Morgan fingerprint density at radius 3 is 2.60 bits per heavy atom. The van der Waals surface area contributed by atoms with Crippen molar-refractivity contribution in [3.05, 3.63) is 80.6 Å². The lowest BCUT2D eigenvalue weighted by molar-refractivity contribution is 0.0601. The standard InChI is InChI=1S/C28H25BrN2O3S/c1-34-28(33)25-20-12-4-2-3-5-14-24(20)35-27(25)31-26(32)21-16-23(17-9-8-10-18(29)15-17)30-22-13-7-6-11-19(21)22/h6-11,13,15-16H,2-5,12,14H2,1H3,(H,31,32). The Kier molecular flexibility index (Phi) is 6.97. The Labute approximate surface area is 216 Å². The van der Waals surface area contributed by atoms with E-state index < -0.39 is 5.97 Å². The van der Waals surface area contributed by atoms with Crippen LogP contribution in [0.15, 0.2) is 59.1 Å². The van der Waals surface area contributed by atoms with E-state index in [0.29, 0.717) is 21.8 Å². The first kappa shape index (κ1) is 23.7. The number of nitrogens with one attached hydrogen (secondary N) is 1. The lowest BCUT2D eigenvalue weighted by atomic mass is 9.96. The number of carbonyl (C=O) groups excluding carboxylic acids is 2. The first-order valence-electron chi connectivity index (χ1n) is 11.7. The number of ether oxygens (including phenoxy) is 1. The van der Waals surface area contributed by atoms with Gasteiger partial charge in [0.05, 0.1) is 29.4 Å². The van der Waals surface area contributed by atoms with Gasteiger partial charge in [0.15, 0.2) is 0 Å². The number of anilines is 1. The second-order valence-electron chi connectivity index (χ2n) is 8.65. The van der Waals surface area contributed by atoms with Crippen LogP contribution in [-0.4, -0.2) is 24.0 Å². The number of thiophene rings is 1. The van der Waals surface area contributed by atoms with Crippen molar-refractivity contribution in [3.63, 3.8) is 0 Å². The molecule has 0 saturated heterocycles. The fraction of sp³-hybridized carbons (Fsp3) is 0.250. The van der Waals surface area contributed by atoms with Crippen molar-refractivity contribution < 1.29 is 14.3 Å². The van der Waals surface area contributed by atoms with Crippen molar-refractivity contribution in [2.75, 3.05) is 12.4 Å². The van der Waals surface area contributed by atoms with Gasteiger partial charge in [0.2, 0.25) is 0 Å². The second kappa shape index (κ2) is 10.3. The molecule has 1 aliphatic rings. The summed E-state index contributed by atoms with van der Waals surface area (Å²) in [6.07, 6.45) is 6.22. The number of halogens is 1. The van der Waals surface area contributed by atoms with Gasteiger partial charge >= 0.3 is 5.97 Å². The minimum Gasteiger partial charge on any atom is -0.465 e. The smallest absolute Gasteiger partial charge is 0.341 e. The molecule has 1 amide bonds. The molecule has 2 aromatic heterocycles. The molecule has 35 heavy (non-hydrogen) atoms. The summed E-state index contributed by atoms with van der Waals surface area (Å²) in [7, 11) is 1.39. The maximum atomic E-state index is 13.7. The number of fused-ring (bicyclic) bond motifs is 2. The molecule has 1 aliphatic carbocycles. The zero-order valence-corrected chi connectivity index (χ0v) is 21.8. The molecular formula is C28H25BrN2O3S. The Morgan fingerprint density at radius 1 is 1.00 bits per heavy atom. The summed E-state index contributed by atoms with van der Waals surface area (Å²) in [6, 6.07) is 17.3. The van der Waals surface area contributed by atoms with Crippen LogP contribution in [0.25, 0.3) is 22.2 Å². The number of amides is 1. The van der Waals surface area contributed by atoms with Gasteiger partial charge < -0.3 is 10.1 Å². The molecule has 0 spiro atoms. The van der Waals surface area contributed by atoms with Crippen LogP contribution in [0.2, 0.25) is 0 Å². The molecule has 0 saturated carbocycles. The summed E-state index contributed by atoms with van der Waals surface area (Å²) in [4.78, 5) is 32.5. The molecule has 0 aliphatic heterocycles. The third-order valence-electron chi connectivity index (χ3n) is 6.37.